The second-order valence-electron chi connectivity index (χ2n) is 4.95. The van der Waals surface area contributed by atoms with Gasteiger partial charge >= 0.3 is 0 Å². The lowest BCUT2D eigenvalue weighted by molar-refractivity contribution is 0.0921. The predicted octanol–water partition coefficient (Wildman–Crippen LogP) is 2.31. The molecule has 2 heterocycles. The molecule has 0 saturated carbocycles. The number of methoxy groups -OCH3 is 1. The van der Waals surface area contributed by atoms with Crippen molar-refractivity contribution in [1.82, 2.24) is 20.5 Å². The average molecular weight is 312 g/mol. The van der Waals surface area contributed by atoms with Crippen molar-refractivity contribution in [2.45, 2.75) is 13.5 Å². The first-order chi connectivity index (χ1) is 11.2. The van der Waals surface area contributed by atoms with Crippen molar-refractivity contribution in [2.24, 2.45) is 0 Å². The Labute approximate surface area is 132 Å². The molecule has 3 rings (SSSR count). The Hall–Kier alpha value is -3.09. The SMILES string of the molecule is COc1ccc(-c2n[nH]c(CNC(=O)c3occc3C)n2)cc1. The molecule has 0 aliphatic heterocycles. The number of aromatic amines is 1. The standard InChI is InChI=1S/C16H16N4O3/c1-10-7-8-23-14(10)16(21)17-9-13-18-15(20-19-13)11-3-5-12(22-2)6-4-11/h3-8H,9H2,1-2H3,(H,17,21)(H,18,19,20). The van der Waals surface area contributed by atoms with Crippen LogP contribution in [0.5, 0.6) is 5.75 Å². The number of hydrogen-bond donors (Lipinski definition) is 2. The number of H-pyrrole nitrogens is 1. The lowest BCUT2D eigenvalue weighted by atomic mass is 10.2. The van der Waals surface area contributed by atoms with Gasteiger partial charge in [-0.15, -0.1) is 0 Å². The summed E-state index contributed by atoms with van der Waals surface area (Å²) in [5.74, 6) is 1.92. The highest BCUT2D eigenvalue weighted by molar-refractivity contribution is 5.92. The fourth-order valence-electron chi connectivity index (χ4n) is 2.09. The molecule has 0 atom stereocenters. The first-order valence-electron chi connectivity index (χ1n) is 7.05. The molecule has 2 aromatic heterocycles. The molecule has 3 aromatic rings. The van der Waals surface area contributed by atoms with Crippen LogP contribution < -0.4 is 10.1 Å². The molecular formula is C16H16N4O3. The van der Waals surface area contributed by atoms with E-state index in [4.69, 9.17) is 9.15 Å². The number of hydrogen-bond acceptors (Lipinski definition) is 5. The lowest BCUT2D eigenvalue weighted by Crippen LogP contribution is -2.23. The Morgan fingerprint density at radius 2 is 2.09 bits per heavy atom. The Morgan fingerprint density at radius 3 is 2.74 bits per heavy atom. The summed E-state index contributed by atoms with van der Waals surface area (Å²) in [5, 5.41) is 9.70. The van der Waals surface area contributed by atoms with Gasteiger partial charge in [-0.1, -0.05) is 0 Å². The summed E-state index contributed by atoms with van der Waals surface area (Å²) >= 11 is 0. The second kappa shape index (κ2) is 6.35. The zero-order valence-electron chi connectivity index (χ0n) is 12.8. The third-order valence-corrected chi connectivity index (χ3v) is 3.36. The van der Waals surface area contributed by atoms with Crippen LogP contribution in [0.3, 0.4) is 0 Å². The number of nitrogens with one attached hydrogen (secondary N) is 2. The summed E-state index contributed by atoms with van der Waals surface area (Å²) < 4.78 is 10.3. The fourth-order valence-corrected chi connectivity index (χ4v) is 2.09. The van der Waals surface area contributed by atoms with Gasteiger partial charge in [0.2, 0.25) is 0 Å². The maximum Gasteiger partial charge on any atom is 0.287 e. The topological polar surface area (TPSA) is 93.0 Å². The molecular weight excluding hydrogens is 296 g/mol. The Kier molecular flexibility index (Phi) is 4.09. The van der Waals surface area contributed by atoms with Crippen LogP contribution >= 0.6 is 0 Å². The van der Waals surface area contributed by atoms with E-state index in [0.29, 0.717) is 17.4 Å². The number of nitrogens with zero attached hydrogens (tertiary/aromatic N) is 2. The van der Waals surface area contributed by atoms with E-state index < -0.39 is 0 Å². The molecule has 0 fully saturated rings. The van der Waals surface area contributed by atoms with Crippen LogP contribution in [0.15, 0.2) is 41.0 Å². The van der Waals surface area contributed by atoms with Crippen LogP contribution in [0.25, 0.3) is 11.4 Å². The van der Waals surface area contributed by atoms with Crippen LogP contribution in [0, 0.1) is 6.92 Å². The summed E-state index contributed by atoms with van der Waals surface area (Å²) in [6.07, 6.45) is 1.49. The number of carbonyl (C=O) groups is 1. The van der Waals surface area contributed by atoms with E-state index in [1.807, 2.05) is 31.2 Å². The summed E-state index contributed by atoms with van der Waals surface area (Å²) in [6, 6.07) is 9.16. The minimum atomic E-state index is -0.283. The number of furan rings is 1. The molecule has 0 spiro atoms. The van der Waals surface area contributed by atoms with E-state index in [9.17, 15) is 4.79 Å². The molecule has 2 N–H and O–H groups in total. The highest BCUT2D eigenvalue weighted by atomic mass is 16.5. The quantitative estimate of drug-likeness (QED) is 0.754. The smallest absolute Gasteiger partial charge is 0.287 e. The van der Waals surface area contributed by atoms with Crippen molar-refractivity contribution in [3.63, 3.8) is 0 Å². The zero-order valence-corrected chi connectivity index (χ0v) is 12.8. The van der Waals surface area contributed by atoms with Crippen LogP contribution in [0.2, 0.25) is 0 Å². The monoisotopic (exact) mass is 312 g/mol. The minimum Gasteiger partial charge on any atom is -0.497 e. The number of aryl methyl sites for hydroxylation is 1. The highest BCUT2D eigenvalue weighted by Crippen LogP contribution is 2.18. The molecule has 1 aromatic carbocycles. The van der Waals surface area contributed by atoms with Crippen LogP contribution in [0.4, 0.5) is 0 Å². The molecule has 1 amide bonds. The molecule has 7 heteroatoms. The molecule has 0 aliphatic rings. The first-order valence-corrected chi connectivity index (χ1v) is 7.05. The van der Waals surface area contributed by atoms with E-state index in [1.54, 1.807) is 13.2 Å². The third kappa shape index (κ3) is 3.23. The van der Waals surface area contributed by atoms with Gasteiger partial charge in [0.15, 0.2) is 11.6 Å². The Bertz CT molecular complexity index is 805. The van der Waals surface area contributed by atoms with Crippen molar-refractivity contribution < 1.29 is 13.9 Å². The molecule has 0 aliphatic carbocycles. The molecule has 7 nitrogen and oxygen atoms in total. The van der Waals surface area contributed by atoms with Gasteiger partial charge in [-0.2, -0.15) is 5.10 Å². The number of amides is 1. The number of benzene rings is 1. The Balaban J connectivity index is 1.65. The molecule has 118 valence electrons. The molecule has 0 saturated heterocycles. The van der Waals surface area contributed by atoms with Gasteiger partial charge in [-0.3, -0.25) is 9.89 Å². The van der Waals surface area contributed by atoms with Crippen LogP contribution in [-0.2, 0) is 6.54 Å². The van der Waals surface area contributed by atoms with E-state index in [0.717, 1.165) is 16.9 Å². The highest BCUT2D eigenvalue weighted by Gasteiger charge is 2.13. The largest absolute Gasteiger partial charge is 0.497 e. The summed E-state index contributed by atoms with van der Waals surface area (Å²) in [5.41, 5.74) is 1.65. The summed E-state index contributed by atoms with van der Waals surface area (Å²) in [7, 11) is 1.61. The van der Waals surface area contributed by atoms with Gasteiger partial charge < -0.3 is 14.5 Å². The molecule has 0 unspecified atom stereocenters. The molecule has 0 radical (unpaired) electrons. The zero-order chi connectivity index (χ0) is 16.2. The first kappa shape index (κ1) is 14.8. The van der Waals surface area contributed by atoms with Crippen LogP contribution in [0.1, 0.15) is 21.9 Å². The maximum atomic E-state index is 12.0. The van der Waals surface area contributed by atoms with E-state index in [2.05, 4.69) is 20.5 Å². The van der Waals surface area contributed by atoms with E-state index in [1.165, 1.54) is 6.26 Å². The van der Waals surface area contributed by atoms with Crippen molar-refractivity contribution in [3.05, 3.63) is 53.7 Å². The Morgan fingerprint density at radius 1 is 1.30 bits per heavy atom. The number of aromatic nitrogens is 3. The van der Waals surface area contributed by atoms with Gasteiger partial charge in [-0.25, -0.2) is 4.98 Å². The predicted molar refractivity (Wildman–Crippen MR) is 83.0 cm³/mol. The number of carbonyl (C=O) groups excluding carboxylic acids is 1. The van der Waals surface area contributed by atoms with Crippen molar-refractivity contribution >= 4 is 5.91 Å². The minimum absolute atomic E-state index is 0.238. The number of ether oxygens (including phenoxy) is 1. The normalized spacial score (nSPS) is 10.5. The van der Waals surface area contributed by atoms with E-state index in [-0.39, 0.29) is 12.5 Å². The van der Waals surface area contributed by atoms with Gasteiger partial charge in [0.05, 0.1) is 19.9 Å². The molecule has 0 bridgehead atoms. The lowest BCUT2D eigenvalue weighted by Gasteiger charge is -2.01. The summed E-state index contributed by atoms with van der Waals surface area (Å²) in [6.45, 7) is 2.05. The van der Waals surface area contributed by atoms with E-state index >= 15 is 0 Å². The maximum absolute atomic E-state index is 12.0. The van der Waals surface area contributed by atoms with Crippen molar-refractivity contribution in [2.75, 3.05) is 7.11 Å². The van der Waals surface area contributed by atoms with Crippen molar-refractivity contribution in [3.8, 4) is 17.1 Å². The van der Waals surface area contributed by atoms with Gasteiger partial charge in [0.25, 0.3) is 5.91 Å². The van der Waals surface area contributed by atoms with Crippen LogP contribution in [-0.4, -0.2) is 28.2 Å². The number of rotatable bonds is 5. The second-order valence-corrected chi connectivity index (χ2v) is 4.95. The average Bonchev–Trinajstić information content (AvgIpc) is 3.22. The fraction of sp³-hybridized carbons (Fsp3) is 0.188. The van der Waals surface area contributed by atoms with Gasteiger partial charge in [0, 0.05) is 11.1 Å². The van der Waals surface area contributed by atoms with Gasteiger partial charge in [0.1, 0.15) is 11.6 Å². The third-order valence-electron chi connectivity index (χ3n) is 3.36. The van der Waals surface area contributed by atoms with Gasteiger partial charge in [-0.05, 0) is 37.3 Å². The van der Waals surface area contributed by atoms with Crippen molar-refractivity contribution in [1.29, 1.82) is 0 Å². The summed E-state index contributed by atoms with van der Waals surface area (Å²) in [4.78, 5) is 16.3. The molecule has 23 heavy (non-hydrogen) atoms.